The highest BCUT2D eigenvalue weighted by atomic mass is 35.5. The second-order valence-corrected chi connectivity index (χ2v) is 7.50. The zero-order chi connectivity index (χ0) is 21.9. The van der Waals surface area contributed by atoms with Crippen LogP contribution in [0.3, 0.4) is 0 Å². The molecule has 0 aliphatic rings. The number of benzene rings is 2. The Bertz CT molecular complexity index is 1390. The van der Waals surface area contributed by atoms with Gasteiger partial charge in [0.1, 0.15) is 0 Å². The Morgan fingerprint density at radius 1 is 1.00 bits per heavy atom. The van der Waals surface area contributed by atoms with Crippen molar-refractivity contribution in [2.75, 3.05) is 12.4 Å². The van der Waals surface area contributed by atoms with Crippen molar-refractivity contribution in [2.45, 2.75) is 6.42 Å². The summed E-state index contributed by atoms with van der Waals surface area (Å²) in [4.78, 5) is 13.2. The van der Waals surface area contributed by atoms with Gasteiger partial charge in [-0.15, -0.1) is 0 Å². The van der Waals surface area contributed by atoms with Gasteiger partial charge in [0.25, 0.3) is 5.95 Å². The van der Waals surface area contributed by atoms with Crippen molar-refractivity contribution >= 4 is 34.0 Å². The molecule has 2 aromatic carbocycles. The molecule has 1 N–H and O–H groups in total. The van der Waals surface area contributed by atoms with Crippen LogP contribution in [-0.4, -0.2) is 31.8 Å². The number of nitrogens with one attached hydrogen (secondary N) is 1. The molecule has 5 aromatic rings. The van der Waals surface area contributed by atoms with Gasteiger partial charge in [-0.3, -0.25) is 4.98 Å². The molecule has 0 aliphatic carbocycles. The minimum Gasteiger partial charge on any atom is -0.491 e. The van der Waals surface area contributed by atoms with E-state index in [0.29, 0.717) is 23.9 Å². The molecule has 0 spiro atoms. The fourth-order valence-electron chi connectivity index (χ4n) is 3.51. The Labute approximate surface area is 189 Å². The average molecular weight is 443 g/mol. The molecular formula is C24H19ClN6O. The number of ether oxygens (including phenoxy) is 1. The summed E-state index contributed by atoms with van der Waals surface area (Å²) in [5.41, 5.74) is 3.67. The van der Waals surface area contributed by atoms with Crippen LogP contribution >= 0.6 is 11.6 Å². The molecule has 3 heterocycles. The first-order valence-electron chi connectivity index (χ1n) is 10.0. The van der Waals surface area contributed by atoms with Gasteiger partial charge in [0.15, 0.2) is 11.6 Å². The number of rotatable bonds is 6. The largest absolute Gasteiger partial charge is 0.491 e. The third kappa shape index (κ3) is 3.86. The van der Waals surface area contributed by atoms with Crippen molar-refractivity contribution in [1.82, 2.24) is 24.7 Å². The number of hydrogen-bond donors (Lipinski definition) is 1. The predicted molar refractivity (Wildman–Crippen MR) is 125 cm³/mol. The Balaban J connectivity index is 1.59. The Morgan fingerprint density at radius 2 is 1.78 bits per heavy atom. The molecule has 0 saturated carbocycles. The third-order valence-electron chi connectivity index (χ3n) is 5.07. The molecule has 3 aromatic heterocycles. The van der Waals surface area contributed by atoms with Crippen LogP contribution in [0.2, 0.25) is 5.02 Å². The number of halogens is 1. The SMILES string of the molecule is COc1cnc(-n2nc(Cc3ccccc3Cl)c3ccccc32)nc1Nc1ccncc1. The van der Waals surface area contributed by atoms with Crippen LogP contribution in [0.15, 0.2) is 79.3 Å². The highest BCUT2D eigenvalue weighted by Crippen LogP contribution is 2.28. The van der Waals surface area contributed by atoms with E-state index in [1.807, 2.05) is 60.7 Å². The number of hydrogen-bond acceptors (Lipinski definition) is 6. The maximum atomic E-state index is 6.39. The van der Waals surface area contributed by atoms with E-state index >= 15 is 0 Å². The van der Waals surface area contributed by atoms with Gasteiger partial charge in [-0.1, -0.05) is 48.0 Å². The van der Waals surface area contributed by atoms with Crippen molar-refractivity contribution < 1.29 is 4.74 Å². The summed E-state index contributed by atoms with van der Waals surface area (Å²) < 4.78 is 7.19. The molecule has 7 nitrogen and oxygen atoms in total. The van der Waals surface area contributed by atoms with Crippen LogP contribution in [0.4, 0.5) is 11.5 Å². The smallest absolute Gasteiger partial charge is 0.253 e. The van der Waals surface area contributed by atoms with E-state index in [2.05, 4.69) is 15.3 Å². The number of anilines is 2. The van der Waals surface area contributed by atoms with Gasteiger partial charge < -0.3 is 10.1 Å². The van der Waals surface area contributed by atoms with Crippen molar-refractivity contribution in [1.29, 1.82) is 0 Å². The maximum Gasteiger partial charge on any atom is 0.253 e. The molecule has 0 aliphatic heterocycles. The van der Waals surface area contributed by atoms with Crippen LogP contribution in [0.5, 0.6) is 5.75 Å². The van der Waals surface area contributed by atoms with E-state index in [-0.39, 0.29) is 0 Å². The van der Waals surface area contributed by atoms with Crippen LogP contribution < -0.4 is 10.1 Å². The molecule has 32 heavy (non-hydrogen) atoms. The quantitative estimate of drug-likeness (QED) is 0.389. The van der Waals surface area contributed by atoms with Gasteiger partial charge in [0.2, 0.25) is 0 Å². The van der Waals surface area contributed by atoms with Crippen molar-refractivity contribution in [3.8, 4) is 11.7 Å². The lowest BCUT2D eigenvalue weighted by Gasteiger charge is -2.11. The molecule has 0 fully saturated rings. The second-order valence-electron chi connectivity index (χ2n) is 7.09. The van der Waals surface area contributed by atoms with Crippen LogP contribution in [0, 0.1) is 0 Å². The summed E-state index contributed by atoms with van der Waals surface area (Å²) >= 11 is 6.39. The summed E-state index contributed by atoms with van der Waals surface area (Å²) in [6, 6.07) is 19.5. The van der Waals surface area contributed by atoms with Gasteiger partial charge in [-0.2, -0.15) is 14.8 Å². The van der Waals surface area contributed by atoms with E-state index in [1.54, 1.807) is 30.4 Å². The van der Waals surface area contributed by atoms with Crippen molar-refractivity contribution in [3.05, 3.63) is 95.5 Å². The summed E-state index contributed by atoms with van der Waals surface area (Å²) in [6.07, 6.45) is 5.65. The number of fused-ring (bicyclic) bond motifs is 1. The minimum absolute atomic E-state index is 0.434. The minimum atomic E-state index is 0.434. The van der Waals surface area contributed by atoms with E-state index < -0.39 is 0 Å². The molecule has 8 heteroatoms. The normalized spacial score (nSPS) is 10.9. The summed E-state index contributed by atoms with van der Waals surface area (Å²) in [7, 11) is 1.58. The first-order valence-corrected chi connectivity index (χ1v) is 10.4. The highest BCUT2D eigenvalue weighted by Gasteiger charge is 2.17. The van der Waals surface area contributed by atoms with E-state index in [1.165, 1.54) is 0 Å². The lowest BCUT2D eigenvalue weighted by Crippen LogP contribution is -2.07. The predicted octanol–water partition coefficient (Wildman–Crippen LogP) is 5.21. The van der Waals surface area contributed by atoms with Crippen LogP contribution in [0.1, 0.15) is 11.3 Å². The van der Waals surface area contributed by atoms with E-state index in [4.69, 9.17) is 26.4 Å². The number of aromatic nitrogens is 5. The zero-order valence-corrected chi connectivity index (χ0v) is 18.0. The summed E-state index contributed by atoms with van der Waals surface area (Å²) in [5.74, 6) is 1.50. The first kappa shape index (κ1) is 20.0. The number of pyridine rings is 1. The lowest BCUT2D eigenvalue weighted by atomic mass is 10.1. The number of methoxy groups -OCH3 is 1. The molecule has 0 bridgehead atoms. The van der Waals surface area contributed by atoms with Crippen LogP contribution in [0.25, 0.3) is 16.9 Å². The Kier molecular flexibility index (Phi) is 5.39. The molecule has 0 amide bonds. The standard InChI is InChI=1S/C24H19ClN6O/c1-32-22-15-27-24(29-23(22)28-17-10-12-26-13-11-17)31-21-9-5-3-7-18(21)20(30-31)14-16-6-2-4-8-19(16)25/h2-13,15H,14H2,1H3,(H,26,27,28,29). The highest BCUT2D eigenvalue weighted by molar-refractivity contribution is 6.31. The Hall–Kier alpha value is -3.97. The van der Waals surface area contributed by atoms with Gasteiger partial charge >= 0.3 is 0 Å². The topological polar surface area (TPSA) is 77.8 Å². The molecule has 0 radical (unpaired) electrons. The molecule has 5 rings (SSSR count). The summed E-state index contributed by atoms with van der Waals surface area (Å²) in [6.45, 7) is 0. The third-order valence-corrected chi connectivity index (χ3v) is 5.44. The first-order chi connectivity index (χ1) is 15.7. The monoisotopic (exact) mass is 442 g/mol. The maximum absolute atomic E-state index is 6.39. The van der Waals surface area contributed by atoms with Crippen molar-refractivity contribution in [2.24, 2.45) is 0 Å². The van der Waals surface area contributed by atoms with Gasteiger partial charge in [0.05, 0.1) is 24.5 Å². The van der Waals surface area contributed by atoms with Gasteiger partial charge in [-0.05, 0) is 29.8 Å². The van der Waals surface area contributed by atoms with E-state index in [9.17, 15) is 0 Å². The fraction of sp³-hybridized carbons (Fsp3) is 0.0833. The second kappa shape index (κ2) is 8.64. The average Bonchev–Trinajstić information content (AvgIpc) is 3.20. The molecule has 0 unspecified atom stereocenters. The lowest BCUT2D eigenvalue weighted by molar-refractivity contribution is 0.412. The molecular weight excluding hydrogens is 424 g/mol. The molecule has 0 atom stereocenters. The number of nitrogens with zero attached hydrogens (tertiary/aromatic N) is 5. The van der Waals surface area contributed by atoms with Gasteiger partial charge in [0, 0.05) is 34.9 Å². The fourth-order valence-corrected chi connectivity index (χ4v) is 3.71. The number of para-hydroxylation sites is 1. The molecule has 0 saturated heterocycles. The zero-order valence-electron chi connectivity index (χ0n) is 17.2. The van der Waals surface area contributed by atoms with Crippen molar-refractivity contribution in [3.63, 3.8) is 0 Å². The van der Waals surface area contributed by atoms with Gasteiger partial charge in [-0.25, -0.2) is 4.98 Å². The summed E-state index contributed by atoms with van der Waals surface area (Å²) in [5, 5.41) is 9.86. The molecule has 158 valence electrons. The van der Waals surface area contributed by atoms with Crippen LogP contribution in [-0.2, 0) is 6.42 Å². The Morgan fingerprint density at radius 3 is 2.59 bits per heavy atom. The van der Waals surface area contributed by atoms with E-state index in [0.717, 1.165) is 32.9 Å².